The number of rotatable bonds is 21. The molecule has 0 amide bonds. The summed E-state index contributed by atoms with van der Waals surface area (Å²) in [5.74, 6) is -0.533. The van der Waals surface area contributed by atoms with Crippen LogP contribution in [0.1, 0.15) is 135 Å². The molecule has 1 saturated carbocycles. The van der Waals surface area contributed by atoms with Crippen LogP contribution in [-0.2, 0) is 23.1 Å². The highest BCUT2D eigenvalue weighted by Crippen LogP contribution is 2.43. The third kappa shape index (κ3) is 25.1. The predicted molar refractivity (Wildman–Crippen MR) is 187 cm³/mol. The molecule has 0 aliphatic heterocycles. The normalized spacial score (nSPS) is 23.7. The molecule has 1 aliphatic carbocycles. The summed E-state index contributed by atoms with van der Waals surface area (Å²) in [5, 5.41) is 58.4. The first-order chi connectivity index (χ1) is 18.5. The molecule has 0 heterocycles. The van der Waals surface area contributed by atoms with Gasteiger partial charge < -0.3 is 55.5 Å². The molecular weight excluding hydrogens is 621 g/mol. The molecule has 0 aromatic rings. The van der Waals surface area contributed by atoms with Gasteiger partial charge in [0.15, 0.2) is 0 Å². The van der Waals surface area contributed by atoms with Crippen LogP contribution in [0.2, 0.25) is 0 Å². The average molecular weight is 698 g/mol. The van der Waals surface area contributed by atoms with Crippen molar-refractivity contribution < 1.29 is 58.7 Å². The summed E-state index contributed by atoms with van der Waals surface area (Å²) >= 11 is 0. The van der Waals surface area contributed by atoms with Crippen LogP contribution in [0.3, 0.4) is 0 Å². The second-order valence-corrected chi connectivity index (χ2v) is 11.4. The molecule has 286 valence electrons. The van der Waals surface area contributed by atoms with E-state index in [0.29, 0.717) is 6.42 Å². The number of hydrogen-bond donors (Lipinski definition) is 7. The Bertz CT molecular complexity index is 730. The summed E-state index contributed by atoms with van der Waals surface area (Å²) in [5.41, 5.74) is 0. The highest BCUT2D eigenvalue weighted by atomic mass is 31.2. The van der Waals surface area contributed by atoms with Gasteiger partial charge in [-0.25, -0.2) is 0 Å². The van der Waals surface area contributed by atoms with Gasteiger partial charge in [0.2, 0.25) is 0 Å². The number of carbonyl (C=O) groups excluding carboxylic acids is 1. The van der Waals surface area contributed by atoms with E-state index in [1.807, 2.05) is 0 Å². The van der Waals surface area contributed by atoms with Crippen LogP contribution in [-0.4, -0.2) is 92.5 Å². The first-order valence-corrected chi connectivity index (χ1v) is 15.5. The molecule has 1 aliphatic rings. The third-order valence-corrected chi connectivity index (χ3v) is 7.55. The summed E-state index contributed by atoms with van der Waals surface area (Å²) in [6, 6.07) is 0. The van der Waals surface area contributed by atoms with Crippen LogP contribution < -0.4 is 11.0 Å². The Balaban J connectivity index is -0.000000435. The topological polar surface area (TPSA) is 243 Å². The highest BCUT2D eigenvalue weighted by molar-refractivity contribution is 7.45. The standard InChI is InChI=1S/C26H49O12P.6CH4.H3N/c1-2-3-4-5-6-7-8-9-10-11-12-13-14-15-16-20(28)36-17-19(27)18-37-39(34,35)38-26-24(32)22(30)21(29)23(31)25(26)33;;;;;;;/h7-8,19,21-27,29-33H,2-6,9-18H2,1H3,(H,34,35);6*1H4;1H3/b8-7-;;;;;;;/t19-,21?,22-,23?,24?,25?,26?;;;;;;;/m1......./s1. The fourth-order valence-electron chi connectivity index (χ4n) is 4.15. The molecule has 0 bridgehead atoms. The van der Waals surface area contributed by atoms with Crippen molar-refractivity contribution in [3.8, 4) is 0 Å². The van der Waals surface area contributed by atoms with Gasteiger partial charge in [-0.05, 0) is 32.1 Å². The van der Waals surface area contributed by atoms with Crippen molar-refractivity contribution in [1.82, 2.24) is 6.15 Å². The largest absolute Gasteiger partial charge is 0.756 e. The summed E-state index contributed by atoms with van der Waals surface area (Å²) in [7, 11) is -5.23. The Morgan fingerprint density at radius 1 is 0.717 bits per heavy atom. The third-order valence-electron chi connectivity index (χ3n) is 6.58. The fourth-order valence-corrected chi connectivity index (χ4v) is 5.11. The lowest BCUT2D eigenvalue weighted by molar-refractivity contribution is -0.261. The van der Waals surface area contributed by atoms with E-state index in [9.17, 15) is 44.9 Å². The number of unbranched alkanes of at least 4 members (excludes halogenated alkanes) is 10. The molecular formula is C32H76NO12P. The van der Waals surface area contributed by atoms with Crippen LogP contribution in [0.25, 0.3) is 0 Å². The zero-order valence-corrected chi connectivity index (χ0v) is 24.8. The second kappa shape index (κ2) is 33.9. The van der Waals surface area contributed by atoms with E-state index in [1.54, 1.807) is 0 Å². The van der Waals surface area contributed by atoms with Gasteiger partial charge in [0.25, 0.3) is 7.82 Å². The first-order valence-electron chi connectivity index (χ1n) is 14.0. The number of phosphoric acid groups is 1. The number of ether oxygens (including phenoxy) is 1. The SMILES string of the molecule is C.C.C.C.C.C.CCCCCC/C=C\CCCCCCCCC(=O)OC[C@@H](O)COP(=O)([O-])OC1C(O)C(O)C(O)[C@@H](O)C1O.[NH4+]. The zero-order chi connectivity index (χ0) is 29.3. The van der Waals surface area contributed by atoms with Gasteiger partial charge in [-0.1, -0.05) is 109 Å². The smallest absolute Gasteiger partial charge is 0.305 e. The maximum absolute atomic E-state index is 12.0. The Kier molecular flexibility index (Phi) is 44.5. The number of allylic oxidation sites excluding steroid dienone is 2. The Hall–Kier alpha value is -0.960. The van der Waals surface area contributed by atoms with E-state index in [1.165, 1.54) is 25.7 Å². The lowest BCUT2D eigenvalue weighted by Gasteiger charge is -2.43. The molecule has 1 fully saturated rings. The van der Waals surface area contributed by atoms with Gasteiger partial charge in [0.05, 0.1) is 6.61 Å². The van der Waals surface area contributed by atoms with E-state index in [2.05, 4.69) is 28.1 Å². The van der Waals surface area contributed by atoms with Crippen molar-refractivity contribution in [2.24, 2.45) is 0 Å². The van der Waals surface area contributed by atoms with E-state index >= 15 is 0 Å². The lowest BCUT2D eigenvalue weighted by Crippen LogP contribution is -2.64. The first kappa shape index (κ1) is 60.4. The van der Waals surface area contributed by atoms with Crippen LogP contribution in [0, 0.1) is 0 Å². The summed E-state index contributed by atoms with van der Waals surface area (Å²) in [6.07, 6.45) is 4.57. The van der Waals surface area contributed by atoms with E-state index in [-0.39, 0.29) is 57.1 Å². The van der Waals surface area contributed by atoms with Crippen molar-refractivity contribution in [2.75, 3.05) is 13.2 Å². The molecule has 0 aromatic heterocycles. The minimum Gasteiger partial charge on any atom is -0.756 e. The number of aliphatic hydroxyl groups is 6. The maximum atomic E-state index is 12.0. The zero-order valence-electron chi connectivity index (χ0n) is 23.9. The minimum atomic E-state index is -5.23. The number of phosphoric ester groups is 1. The van der Waals surface area contributed by atoms with Crippen LogP contribution in [0.15, 0.2) is 12.2 Å². The Morgan fingerprint density at radius 3 is 1.61 bits per heavy atom. The van der Waals surface area contributed by atoms with Gasteiger partial charge in [-0.15, -0.1) is 0 Å². The van der Waals surface area contributed by atoms with Crippen molar-refractivity contribution >= 4 is 13.8 Å². The molecule has 46 heavy (non-hydrogen) atoms. The van der Waals surface area contributed by atoms with E-state index in [0.717, 1.165) is 44.9 Å². The monoisotopic (exact) mass is 698 g/mol. The van der Waals surface area contributed by atoms with Gasteiger partial charge in [0.1, 0.15) is 49.3 Å². The molecule has 14 heteroatoms. The molecule has 13 nitrogen and oxygen atoms in total. The van der Waals surface area contributed by atoms with Crippen LogP contribution in [0.4, 0.5) is 0 Å². The van der Waals surface area contributed by atoms with E-state index < -0.39 is 69.7 Å². The summed E-state index contributed by atoms with van der Waals surface area (Å²) in [4.78, 5) is 23.8. The number of carbonyl (C=O) groups is 1. The molecule has 0 spiro atoms. The molecule has 0 radical (unpaired) electrons. The van der Waals surface area contributed by atoms with Gasteiger partial charge in [-0.3, -0.25) is 9.36 Å². The van der Waals surface area contributed by atoms with Crippen molar-refractivity contribution in [3.63, 3.8) is 0 Å². The van der Waals surface area contributed by atoms with Crippen LogP contribution in [0.5, 0.6) is 0 Å². The van der Waals surface area contributed by atoms with Crippen molar-refractivity contribution in [3.05, 3.63) is 12.2 Å². The highest BCUT2D eigenvalue weighted by Gasteiger charge is 2.50. The molecule has 8 atom stereocenters. The number of aliphatic hydroxyl groups excluding tert-OH is 6. The van der Waals surface area contributed by atoms with Gasteiger partial charge >= 0.3 is 5.97 Å². The van der Waals surface area contributed by atoms with E-state index in [4.69, 9.17) is 4.74 Å². The van der Waals surface area contributed by atoms with Crippen molar-refractivity contribution in [2.45, 2.75) is 178 Å². The van der Waals surface area contributed by atoms with Gasteiger partial charge in [-0.2, -0.15) is 0 Å². The Morgan fingerprint density at radius 2 is 1.13 bits per heavy atom. The molecule has 6 unspecified atom stereocenters. The Labute approximate surface area is 281 Å². The van der Waals surface area contributed by atoms with Crippen LogP contribution >= 0.6 is 7.82 Å². The molecule has 0 saturated heterocycles. The quantitative estimate of drug-likeness (QED) is 0.0344. The van der Waals surface area contributed by atoms with Crippen molar-refractivity contribution in [1.29, 1.82) is 0 Å². The fraction of sp³-hybridized carbons (Fsp3) is 0.906. The number of hydrogen-bond acceptors (Lipinski definition) is 12. The predicted octanol–water partition coefficient (Wildman–Crippen LogP) is 5.42. The summed E-state index contributed by atoms with van der Waals surface area (Å²) < 4.78 is 25.9. The maximum Gasteiger partial charge on any atom is 0.305 e. The molecule has 0 aromatic carbocycles. The van der Waals surface area contributed by atoms with Gasteiger partial charge in [0, 0.05) is 6.42 Å². The average Bonchev–Trinajstić information content (AvgIpc) is 2.91. The second-order valence-electron chi connectivity index (χ2n) is 10.1. The number of esters is 1. The molecule has 1 rings (SSSR count). The minimum absolute atomic E-state index is 0. The summed E-state index contributed by atoms with van der Waals surface area (Å²) in [6.45, 7) is 0.860. The molecule has 10 N–H and O–H groups in total. The lowest BCUT2D eigenvalue weighted by atomic mass is 9.85. The number of quaternary nitrogens is 1.